The second-order valence-electron chi connectivity index (χ2n) is 6.26. The summed E-state index contributed by atoms with van der Waals surface area (Å²) >= 11 is 0. The van der Waals surface area contributed by atoms with Gasteiger partial charge in [0.2, 0.25) is 0 Å². The van der Waals surface area contributed by atoms with Gasteiger partial charge in [-0.25, -0.2) is 9.79 Å². The minimum Gasteiger partial charge on any atom is -0.406 e. The summed E-state index contributed by atoms with van der Waals surface area (Å²) in [6.45, 7) is 0. The zero-order valence-corrected chi connectivity index (χ0v) is 13.5. The third-order valence-corrected chi connectivity index (χ3v) is 4.68. The first-order chi connectivity index (χ1) is 12.2. The number of aliphatic imine (C=N–C) groups is 1. The normalized spacial score (nSPS) is 22.0. The third-order valence-electron chi connectivity index (χ3n) is 4.68. The van der Waals surface area contributed by atoms with Gasteiger partial charge in [0.15, 0.2) is 5.82 Å². The molecule has 0 N–H and O–H groups in total. The molecule has 1 fully saturated rings. The van der Waals surface area contributed by atoms with Crippen LogP contribution in [-0.2, 0) is 11.8 Å². The number of benzene rings is 1. The maximum atomic E-state index is 12.4. The predicted octanol–water partition coefficient (Wildman–Crippen LogP) is 3.07. The van der Waals surface area contributed by atoms with Crippen molar-refractivity contribution in [3.8, 4) is 5.75 Å². The van der Waals surface area contributed by atoms with E-state index in [9.17, 15) is 22.8 Å². The summed E-state index contributed by atoms with van der Waals surface area (Å²) in [5, 5.41) is 0. The fourth-order valence-electron chi connectivity index (χ4n) is 3.66. The number of aryl methyl sites for hydroxylation is 1. The zero-order valence-electron chi connectivity index (χ0n) is 13.5. The Morgan fingerprint density at radius 2 is 1.85 bits per heavy atom. The SMILES string of the molecule is Cn1oc(=O)c2c1N=C1CCC(=O)C1C2c1ccc(OC(F)(F)F)cc1. The van der Waals surface area contributed by atoms with E-state index >= 15 is 0 Å². The lowest BCUT2D eigenvalue weighted by atomic mass is 9.78. The Hall–Kier alpha value is -2.84. The van der Waals surface area contributed by atoms with Gasteiger partial charge in [-0.3, -0.25) is 4.79 Å². The summed E-state index contributed by atoms with van der Waals surface area (Å²) in [5.74, 6) is -1.30. The monoisotopic (exact) mass is 366 g/mol. The van der Waals surface area contributed by atoms with Crippen LogP contribution in [0.3, 0.4) is 0 Å². The van der Waals surface area contributed by atoms with Crippen LogP contribution >= 0.6 is 0 Å². The van der Waals surface area contributed by atoms with Crippen molar-refractivity contribution < 1.29 is 27.2 Å². The molecule has 9 heteroatoms. The van der Waals surface area contributed by atoms with Crippen LogP contribution < -0.4 is 10.4 Å². The molecule has 1 aliphatic carbocycles. The van der Waals surface area contributed by atoms with Crippen LogP contribution in [0.1, 0.15) is 29.9 Å². The van der Waals surface area contributed by atoms with E-state index in [1.165, 1.54) is 16.9 Å². The number of rotatable bonds is 2. The van der Waals surface area contributed by atoms with Crippen molar-refractivity contribution >= 4 is 17.3 Å². The average molecular weight is 366 g/mol. The number of nitrogens with zero attached hydrogens (tertiary/aromatic N) is 2. The van der Waals surface area contributed by atoms with Gasteiger partial charge in [-0.1, -0.05) is 12.1 Å². The van der Waals surface area contributed by atoms with Gasteiger partial charge in [0.05, 0.1) is 11.5 Å². The van der Waals surface area contributed by atoms with Crippen molar-refractivity contribution in [3.63, 3.8) is 0 Å². The van der Waals surface area contributed by atoms with Crippen LogP contribution in [0.5, 0.6) is 5.75 Å². The second-order valence-corrected chi connectivity index (χ2v) is 6.26. The summed E-state index contributed by atoms with van der Waals surface area (Å²) in [6, 6.07) is 5.18. The minimum absolute atomic E-state index is 0.0433. The molecule has 0 saturated heterocycles. The van der Waals surface area contributed by atoms with Gasteiger partial charge in [0, 0.05) is 25.1 Å². The summed E-state index contributed by atoms with van der Waals surface area (Å²) in [7, 11) is 1.54. The lowest BCUT2D eigenvalue weighted by molar-refractivity contribution is -0.274. The van der Waals surface area contributed by atoms with Crippen molar-refractivity contribution in [1.82, 2.24) is 4.74 Å². The molecular formula is C17H13F3N2O4. The van der Waals surface area contributed by atoms with E-state index in [0.717, 1.165) is 12.1 Å². The number of aromatic nitrogens is 1. The lowest BCUT2D eigenvalue weighted by Gasteiger charge is -2.26. The molecular weight excluding hydrogens is 353 g/mol. The summed E-state index contributed by atoms with van der Waals surface area (Å²) in [6.07, 6.45) is -3.97. The third kappa shape index (κ3) is 2.63. The summed E-state index contributed by atoms with van der Waals surface area (Å²) in [5.41, 5.74) is 0.845. The number of carbonyl (C=O) groups is 1. The molecule has 2 unspecified atom stereocenters. The Kier molecular flexibility index (Phi) is 3.57. The number of alkyl halides is 3. The molecule has 2 atom stereocenters. The molecule has 0 spiro atoms. The highest BCUT2D eigenvalue weighted by Gasteiger charge is 2.45. The van der Waals surface area contributed by atoms with Crippen LogP contribution in [0.2, 0.25) is 0 Å². The molecule has 6 nitrogen and oxygen atoms in total. The Labute approximate surface area is 144 Å². The minimum atomic E-state index is -4.79. The molecule has 26 heavy (non-hydrogen) atoms. The molecule has 2 aromatic rings. The molecule has 0 radical (unpaired) electrons. The predicted molar refractivity (Wildman–Crippen MR) is 83.7 cm³/mol. The van der Waals surface area contributed by atoms with Gasteiger partial charge in [0.1, 0.15) is 11.5 Å². The van der Waals surface area contributed by atoms with E-state index in [4.69, 9.17) is 4.52 Å². The van der Waals surface area contributed by atoms with Gasteiger partial charge >= 0.3 is 12.0 Å². The molecule has 0 bridgehead atoms. The van der Waals surface area contributed by atoms with E-state index in [0.29, 0.717) is 29.9 Å². The van der Waals surface area contributed by atoms with Crippen LogP contribution in [-0.4, -0.2) is 22.6 Å². The number of Topliss-reactive ketones (excluding diaryl/α,β-unsaturated/α-hetero) is 1. The van der Waals surface area contributed by atoms with Crippen LogP contribution in [0.4, 0.5) is 19.0 Å². The van der Waals surface area contributed by atoms with E-state index in [1.807, 2.05) is 0 Å². The fraction of sp³-hybridized carbons (Fsp3) is 0.353. The first-order valence-electron chi connectivity index (χ1n) is 7.90. The fourth-order valence-corrected chi connectivity index (χ4v) is 3.66. The number of hydrogen-bond acceptors (Lipinski definition) is 5. The molecule has 0 amide bonds. The smallest absolute Gasteiger partial charge is 0.406 e. The van der Waals surface area contributed by atoms with Crippen LogP contribution in [0.15, 0.2) is 38.6 Å². The number of ether oxygens (including phenoxy) is 1. The van der Waals surface area contributed by atoms with Gasteiger partial charge in [-0.05, 0) is 24.1 Å². The Balaban J connectivity index is 1.80. The summed E-state index contributed by atoms with van der Waals surface area (Å²) in [4.78, 5) is 29.1. The van der Waals surface area contributed by atoms with Gasteiger partial charge in [-0.2, -0.15) is 4.74 Å². The zero-order chi connectivity index (χ0) is 18.6. The molecule has 2 aliphatic rings. The average Bonchev–Trinajstić information content (AvgIpc) is 3.06. The second kappa shape index (κ2) is 5.58. The number of carbonyl (C=O) groups excluding carboxylic acids is 1. The van der Waals surface area contributed by atoms with Crippen LogP contribution in [0.25, 0.3) is 0 Å². The first-order valence-corrected chi connectivity index (χ1v) is 7.90. The van der Waals surface area contributed by atoms with E-state index in [-0.39, 0.29) is 17.1 Å². The Morgan fingerprint density at radius 1 is 1.15 bits per heavy atom. The highest BCUT2D eigenvalue weighted by Crippen LogP contribution is 2.45. The largest absolute Gasteiger partial charge is 0.573 e. The van der Waals surface area contributed by atoms with E-state index in [2.05, 4.69) is 9.73 Å². The van der Waals surface area contributed by atoms with E-state index < -0.39 is 23.8 Å². The standard InChI is InChI=1S/C17H13F3N2O4/c1-22-15-14(16(24)26-22)12(13-10(21-15)6-7-11(13)23)8-2-4-9(5-3-8)25-17(18,19)20/h2-5,12-13H,6-7H2,1H3. The molecule has 1 aliphatic heterocycles. The first kappa shape index (κ1) is 16.6. The van der Waals surface area contributed by atoms with Gasteiger partial charge in [0.25, 0.3) is 0 Å². The quantitative estimate of drug-likeness (QED) is 0.819. The molecule has 2 heterocycles. The van der Waals surface area contributed by atoms with Crippen molar-refractivity contribution in [1.29, 1.82) is 0 Å². The highest BCUT2D eigenvalue weighted by atomic mass is 19.4. The summed E-state index contributed by atoms with van der Waals surface area (Å²) < 4.78 is 47.2. The number of hydrogen-bond donors (Lipinski definition) is 0. The van der Waals surface area contributed by atoms with Crippen molar-refractivity contribution in [2.45, 2.75) is 25.1 Å². The number of halogens is 3. The highest BCUT2D eigenvalue weighted by molar-refractivity contribution is 6.14. The number of ketones is 1. The molecule has 4 rings (SSSR count). The van der Waals surface area contributed by atoms with Crippen molar-refractivity contribution in [2.24, 2.45) is 18.0 Å². The lowest BCUT2D eigenvalue weighted by Crippen LogP contribution is -2.29. The van der Waals surface area contributed by atoms with E-state index in [1.54, 1.807) is 7.05 Å². The maximum absolute atomic E-state index is 12.4. The van der Waals surface area contributed by atoms with Crippen molar-refractivity contribution in [3.05, 3.63) is 45.8 Å². The van der Waals surface area contributed by atoms with Gasteiger partial charge in [-0.15, -0.1) is 13.2 Å². The molecule has 1 aromatic carbocycles. The van der Waals surface area contributed by atoms with Crippen LogP contribution in [0, 0.1) is 5.92 Å². The van der Waals surface area contributed by atoms with Gasteiger partial charge < -0.3 is 9.26 Å². The number of fused-ring (bicyclic) bond motifs is 2. The Morgan fingerprint density at radius 3 is 2.50 bits per heavy atom. The Bertz CT molecular complexity index is 969. The molecule has 1 aromatic heterocycles. The maximum Gasteiger partial charge on any atom is 0.573 e. The molecule has 1 saturated carbocycles. The molecule has 136 valence electrons. The topological polar surface area (TPSA) is 73.8 Å². The van der Waals surface area contributed by atoms with Crippen molar-refractivity contribution in [2.75, 3.05) is 0 Å².